The van der Waals surface area contributed by atoms with E-state index >= 15 is 0 Å². The molecule has 0 aliphatic rings. The van der Waals surface area contributed by atoms with Gasteiger partial charge in [0.2, 0.25) is 0 Å². The first kappa shape index (κ1) is 44.0. The summed E-state index contributed by atoms with van der Waals surface area (Å²) in [5, 5.41) is 30.1. The minimum absolute atomic E-state index is 0.0513. The monoisotopic (exact) mass is 881 g/mol. The van der Waals surface area contributed by atoms with Crippen molar-refractivity contribution in [1.82, 2.24) is 0 Å². The van der Waals surface area contributed by atoms with Crippen LogP contribution in [-0.2, 0) is 59.0 Å². The molecule has 0 heterocycles. The lowest BCUT2D eigenvalue weighted by molar-refractivity contribution is 0.282. The van der Waals surface area contributed by atoms with Crippen molar-refractivity contribution < 1.29 is 74.0 Å². The standard InChI is InChI=1S/C29H31N5O17S5/c1-17-14-23(24(49-3)16-25(17)53(38,39)13-11-51-56(46,47)48)32-34-28-26(54(40,41)42)15-21-20(29(28)35)8-9-22(30-2)27(21)33-31-18-4-6-19(7-5-18)52(36,37)12-10-50-55(43,44)45/h4-9,14-16,30,35H,10-13H2,1-3H3,(H,40,41,42)(H,43,44,45)(H,46,47,48)/b33-31+,34-32+. The van der Waals surface area contributed by atoms with Gasteiger partial charge in [0.25, 0.3) is 10.1 Å². The van der Waals surface area contributed by atoms with Crippen molar-refractivity contribution in [2.75, 3.05) is 44.2 Å². The molecule has 4 rings (SSSR count). The fourth-order valence-corrected chi connectivity index (χ4v) is 8.79. The number of methoxy groups -OCH3 is 1. The van der Waals surface area contributed by atoms with E-state index in [0.29, 0.717) is 0 Å². The zero-order valence-corrected chi connectivity index (χ0v) is 33.0. The Labute approximate surface area is 320 Å². The molecule has 22 nitrogen and oxygen atoms in total. The van der Waals surface area contributed by atoms with Crippen molar-refractivity contribution >= 4 is 89.8 Å². The first-order chi connectivity index (χ1) is 25.9. The highest BCUT2D eigenvalue weighted by Crippen LogP contribution is 2.47. The van der Waals surface area contributed by atoms with Crippen LogP contribution in [0.25, 0.3) is 10.8 Å². The molecular weight excluding hydrogens is 851 g/mol. The third-order valence-corrected chi connectivity index (χ3v) is 12.8. The van der Waals surface area contributed by atoms with Crippen LogP contribution in [-0.4, -0.2) is 99.7 Å². The van der Waals surface area contributed by atoms with Crippen molar-refractivity contribution in [3.63, 3.8) is 0 Å². The van der Waals surface area contributed by atoms with Gasteiger partial charge in [-0.3, -0.25) is 13.7 Å². The molecule has 4 aromatic carbocycles. The molecule has 0 radical (unpaired) electrons. The Morgan fingerprint density at radius 1 is 0.661 bits per heavy atom. The average molecular weight is 882 g/mol. The Morgan fingerprint density at radius 3 is 1.77 bits per heavy atom. The van der Waals surface area contributed by atoms with E-state index < -0.39 is 91.6 Å². The van der Waals surface area contributed by atoms with Gasteiger partial charge in [-0.2, -0.15) is 30.4 Å². The second-order valence-corrected chi connectivity index (χ2v) is 18.9. The van der Waals surface area contributed by atoms with E-state index in [0.717, 1.165) is 31.4 Å². The molecule has 0 bridgehead atoms. The Hall–Kier alpha value is -4.71. The summed E-state index contributed by atoms with van der Waals surface area (Å²) < 4.78 is 160. The molecule has 0 aromatic heterocycles. The van der Waals surface area contributed by atoms with E-state index in [1.54, 1.807) is 0 Å². The zero-order chi connectivity index (χ0) is 41.9. The van der Waals surface area contributed by atoms with Crippen LogP contribution in [0.3, 0.4) is 0 Å². The maximum atomic E-state index is 12.9. The number of hydrogen-bond donors (Lipinski definition) is 5. The van der Waals surface area contributed by atoms with Crippen molar-refractivity contribution in [2.24, 2.45) is 20.5 Å². The Kier molecular flexibility index (Phi) is 13.2. The first-order valence-electron chi connectivity index (χ1n) is 15.2. The minimum atomic E-state index is -5.16. The molecule has 56 heavy (non-hydrogen) atoms. The number of sulfone groups is 2. The Bertz CT molecular complexity index is 2790. The topological polar surface area (TPSA) is 341 Å². The molecule has 4 aromatic rings. The summed E-state index contributed by atoms with van der Waals surface area (Å²) in [5.41, 5.74) is -0.545. The largest absolute Gasteiger partial charge is 0.505 e. The van der Waals surface area contributed by atoms with Gasteiger partial charge in [-0.1, -0.05) is 0 Å². The van der Waals surface area contributed by atoms with Crippen molar-refractivity contribution in [3.05, 3.63) is 60.2 Å². The fourth-order valence-electron chi connectivity index (χ4n) is 4.90. The molecule has 0 unspecified atom stereocenters. The molecule has 0 spiro atoms. The summed E-state index contributed by atoms with van der Waals surface area (Å²) in [6.07, 6.45) is 0. The quantitative estimate of drug-likeness (QED) is 0.0733. The summed E-state index contributed by atoms with van der Waals surface area (Å²) in [6, 6.07) is 10.7. The van der Waals surface area contributed by atoms with E-state index in [-0.39, 0.29) is 54.6 Å². The van der Waals surface area contributed by atoms with Gasteiger partial charge in [-0.05, 0) is 61.0 Å². The average Bonchev–Trinajstić information content (AvgIpc) is 3.08. The number of fused-ring (bicyclic) bond motifs is 1. The van der Waals surface area contributed by atoms with E-state index in [9.17, 15) is 51.7 Å². The number of nitrogens with one attached hydrogen (secondary N) is 1. The highest BCUT2D eigenvalue weighted by Gasteiger charge is 2.26. The van der Waals surface area contributed by atoms with Gasteiger partial charge >= 0.3 is 20.8 Å². The molecule has 0 saturated carbocycles. The van der Waals surface area contributed by atoms with Crippen LogP contribution in [0.2, 0.25) is 0 Å². The molecule has 0 saturated heterocycles. The summed E-state index contributed by atoms with van der Waals surface area (Å²) >= 11 is 0. The molecule has 5 N–H and O–H groups in total. The van der Waals surface area contributed by atoms with E-state index in [4.69, 9.17) is 13.8 Å². The zero-order valence-electron chi connectivity index (χ0n) is 29.0. The molecule has 0 aliphatic carbocycles. The van der Waals surface area contributed by atoms with Crippen LogP contribution in [0.4, 0.5) is 28.4 Å². The highest BCUT2D eigenvalue weighted by atomic mass is 32.3. The number of phenols is 1. The number of azo groups is 2. The smallest absolute Gasteiger partial charge is 0.397 e. The molecule has 304 valence electrons. The van der Waals surface area contributed by atoms with E-state index in [1.165, 1.54) is 44.3 Å². The third kappa shape index (κ3) is 11.0. The van der Waals surface area contributed by atoms with Gasteiger partial charge in [-0.25, -0.2) is 25.2 Å². The van der Waals surface area contributed by atoms with Crippen LogP contribution in [0.5, 0.6) is 11.5 Å². The first-order valence-corrected chi connectivity index (χ1v) is 22.6. The lowest BCUT2D eigenvalue weighted by Crippen LogP contribution is -2.16. The third-order valence-electron chi connectivity index (χ3n) is 7.45. The molecule has 0 amide bonds. The Balaban J connectivity index is 1.75. The van der Waals surface area contributed by atoms with Crippen molar-refractivity contribution in [1.29, 1.82) is 0 Å². The predicted octanol–water partition coefficient (Wildman–Crippen LogP) is 4.17. The van der Waals surface area contributed by atoms with E-state index in [2.05, 4.69) is 34.1 Å². The number of anilines is 1. The SMILES string of the molecule is CNc1ccc2c(O)c(/N=N/c3cc(C)c(S(=O)(=O)CCOS(=O)(=O)O)cc3OC)c(S(=O)(=O)O)cc2c1/N=N/c1ccc(S(=O)(=O)CCOS(=O)(=O)O)cc1. The normalized spacial score (nSPS) is 13.2. The summed E-state index contributed by atoms with van der Waals surface area (Å²) in [5.74, 6) is -2.63. The van der Waals surface area contributed by atoms with Crippen LogP contribution in [0.15, 0.2) is 89.7 Å². The van der Waals surface area contributed by atoms with E-state index in [1.807, 2.05) is 0 Å². The number of ether oxygens (including phenoxy) is 1. The van der Waals surface area contributed by atoms with Crippen LogP contribution < -0.4 is 10.1 Å². The summed E-state index contributed by atoms with van der Waals surface area (Å²) in [6.45, 7) is -0.386. The summed E-state index contributed by atoms with van der Waals surface area (Å²) in [7, 11) is -20.5. The molecule has 0 aliphatic heterocycles. The number of aromatic hydroxyl groups is 1. The molecule has 0 fully saturated rings. The molecule has 27 heteroatoms. The number of hydrogen-bond acceptors (Lipinski definition) is 19. The number of aryl methyl sites for hydroxylation is 1. The lowest BCUT2D eigenvalue weighted by atomic mass is 10.1. The second-order valence-electron chi connectivity index (χ2n) is 11.2. The van der Waals surface area contributed by atoms with Gasteiger partial charge in [0, 0.05) is 23.9 Å². The number of benzene rings is 4. The number of phenolic OH excluding ortho intramolecular Hbond substituents is 1. The van der Waals surface area contributed by atoms with Crippen molar-refractivity contribution in [2.45, 2.75) is 21.6 Å². The van der Waals surface area contributed by atoms with Gasteiger partial charge in [0.1, 0.15) is 27.7 Å². The predicted molar refractivity (Wildman–Crippen MR) is 197 cm³/mol. The fraction of sp³-hybridized carbons (Fsp3) is 0.241. The molecular formula is C29H31N5O17S5. The second kappa shape index (κ2) is 16.8. The number of nitrogens with zero attached hydrogens (tertiary/aromatic N) is 4. The van der Waals surface area contributed by atoms with Gasteiger partial charge in [0.05, 0.1) is 53.0 Å². The van der Waals surface area contributed by atoms with Gasteiger partial charge < -0.3 is 15.2 Å². The number of rotatable bonds is 17. The Morgan fingerprint density at radius 2 is 1.23 bits per heavy atom. The summed E-state index contributed by atoms with van der Waals surface area (Å²) in [4.78, 5) is -1.50. The highest BCUT2D eigenvalue weighted by molar-refractivity contribution is 7.91. The van der Waals surface area contributed by atoms with Crippen LogP contribution in [0, 0.1) is 6.92 Å². The maximum Gasteiger partial charge on any atom is 0.397 e. The van der Waals surface area contributed by atoms with Gasteiger partial charge in [0.15, 0.2) is 25.4 Å². The molecule has 0 atom stereocenters. The van der Waals surface area contributed by atoms with Crippen LogP contribution >= 0.6 is 0 Å². The van der Waals surface area contributed by atoms with Crippen LogP contribution in [0.1, 0.15) is 5.56 Å². The maximum absolute atomic E-state index is 12.9. The van der Waals surface area contributed by atoms with Crippen molar-refractivity contribution in [3.8, 4) is 11.5 Å². The lowest BCUT2D eigenvalue weighted by Gasteiger charge is -2.13. The minimum Gasteiger partial charge on any atom is -0.505 e. The van der Waals surface area contributed by atoms with Gasteiger partial charge in [-0.15, -0.1) is 15.3 Å².